The van der Waals surface area contributed by atoms with Crippen LogP contribution in [0.2, 0.25) is 0 Å². The number of carbonyl (C=O) groups is 1. The molecule has 2 atom stereocenters. The zero-order valence-corrected chi connectivity index (χ0v) is 7.90. The fourth-order valence-electron chi connectivity index (χ4n) is 1.33. The van der Waals surface area contributed by atoms with E-state index < -0.39 is 12.1 Å². The lowest BCUT2D eigenvalue weighted by Crippen LogP contribution is -2.23. The smallest absolute Gasteiger partial charge is 0.334 e. The van der Waals surface area contributed by atoms with Crippen molar-refractivity contribution in [1.29, 1.82) is 0 Å². The van der Waals surface area contributed by atoms with Gasteiger partial charge in [0.25, 0.3) is 0 Å². The Bertz CT molecular complexity index is 196. The summed E-state index contributed by atoms with van der Waals surface area (Å²) in [6.45, 7) is 1.86. The van der Waals surface area contributed by atoms with Gasteiger partial charge < -0.3 is 9.84 Å². The minimum Gasteiger partial charge on any atom is -0.463 e. The molecule has 3 heteroatoms. The average Bonchev–Trinajstić information content (AvgIpc) is 2.15. The quantitative estimate of drug-likeness (QED) is 0.530. The molecule has 0 saturated carbocycles. The van der Waals surface area contributed by atoms with Crippen LogP contribution in [0.4, 0.5) is 0 Å². The Morgan fingerprint density at radius 2 is 2.46 bits per heavy atom. The second-order valence-corrected chi connectivity index (χ2v) is 3.46. The third-order valence-electron chi connectivity index (χ3n) is 2.18. The molecular formula is C10H16O3. The summed E-state index contributed by atoms with van der Waals surface area (Å²) in [6.07, 6.45) is 6.38. The topological polar surface area (TPSA) is 46.5 Å². The van der Waals surface area contributed by atoms with Crippen molar-refractivity contribution in [3.05, 3.63) is 12.2 Å². The molecule has 1 aliphatic rings. The molecule has 0 aliphatic heterocycles. The maximum Gasteiger partial charge on any atom is 0.334 e. The summed E-state index contributed by atoms with van der Waals surface area (Å²) in [5, 5.41) is 8.86. The number of carbonyl (C=O) groups excluding carboxylic acids is 1. The van der Waals surface area contributed by atoms with E-state index >= 15 is 0 Å². The van der Waals surface area contributed by atoms with Crippen molar-refractivity contribution in [2.24, 2.45) is 5.92 Å². The van der Waals surface area contributed by atoms with Crippen LogP contribution in [0.15, 0.2) is 12.2 Å². The first-order valence-electron chi connectivity index (χ1n) is 4.70. The predicted molar refractivity (Wildman–Crippen MR) is 49.1 cm³/mol. The van der Waals surface area contributed by atoms with Crippen molar-refractivity contribution in [1.82, 2.24) is 0 Å². The number of allylic oxidation sites excluding steroid dienone is 2. The van der Waals surface area contributed by atoms with Crippen LogP contribution < -0.4 is 0 Å². The molecule has 1 rings (SSSR count). The highest BCUT2D eigenvalue weighted by atomic mass is 16.5. The number of hydrogen-bond acceptors (Lipinski definition) is 3. The number of ether oxygens (including phenoxy) is 1. The first kappa shape index (κ1) is 10.3. The summed E-state index contributed by atoms with van der Waals surface area (Å²) >= 11 is 0. The second-order valence-electron chi connectivity index (χ2n) is 3.46. The third kappa shape index (κ3) is 3.59. The lowest BCUT2D eigenvalue weighted by atomic mass is 9.95. The van der Waals surface area contributed by atoms with Gasteiger partial charge in [0, 0.05) is 0 Å². The van der Waals surface area contributed by atoms with E-state index in [0.717, 1.165) is 19.3 Å². The van der Waals surface area contributed by atoms with Gasteiger partial charge >= 0.3 is 5.97 Å². The van der Waals surface area contributed by atoms with E-state index in [2.05, 4.69) is 12.2 Å². The van der Waals surface area contributed by atoms with E-state index in [1.165, 1.54) is 6.92 Å². The van der Waals surface area contributed by atoms with Crippen molar-refractivity contribution in [2.45, 2.75) is 32.3 Å². The highest BCUT2D eigenvalue weighted by Crippen LogP contribution is 2.18. The monoisotopic (exact) mass is 184 g/mol. The molecule has 0 aromatic rings. The number of rotatable bonds is 3. The summed E-state index contributed by atoms with van der Waals surface area (Å²) in [4.78, 5) is 10.9. The minimum absolute atomic E-state index is 0.438. The number of aliphatic hydroxyl groups is 1. The van der Waals surface area contributed by atoms with Gasteiger partial charge in [-0.05, 0) is 32.1 Å². The van der Waals surface area contributed by atoms with Crippen LogP contribution in [-0.4, -0.2) is 23.8 Å². The van der Waals surface area contributed by atoms with E-state index in [1.54, 1.807) is 0 Å². The van der Waals surface area contributed by atoms with Gasteiger partial charge in [0.05, 0.1) is 6.61 Å². The predicted octanol–water partition coefficient (Wildman–Crippen LogP) is 1.27. The number of aliphatic hydroxyl groups excluding tert-OH is 1. The summed E-state index contributed by atoms with van der Waals surface area (Å²) < 4.78 is 4.92. The molecule has 0 saturated heterocycles. The van der Waals surface area contributed by atoms with Gasteiger partial charge in [0.1, 0.15) is 6.10 Å². The van der Waals surface area contributed by atoms with Crippen molar-refractivity contribution in [3.8, 4) is 0 Å². The fourth-order valence-corrected chi connectivity index (χ4v) is 1.33. The standard InChI is InChI=1S/C10H16O3/c1-8(11)10(12)13-7-9-5-3-2-4-6-9/h2-3,8-9,11H,4-7H2,1H3/t8-,9?/m0/s1. The summed E-state index contributed by atoms with van der Waals surface area (Å²) in [5.41, 5.74) is 0. The van der Waals surface area contributed by atoms with Crippen molar-refractivity contribution < 1.29 is 14.6 Å². The number of hydrogen-bond donors (Lipinski definition) is 1. The van der Waals surface area contributed by atoms with Gasteiger partial charge in [-0.15, -0.1) is 0 Å². The van der Waals surface area contributed by atoms with Crippen LogP contribution in [0.25, 0.3) is 0 Å². The van der Waals surface area contributed by atoms with Crippen LogP contribution in [-0.2, 0) is 9.53 Å². The van der Waals surface area contributed by atoms with E-state index in [1.807, 2.05) is 0 Å². The molecule has 0 amide bonds. The SMILES string of the molecule is C[C@H](O)C(=O)OCC1CC=CCC1. The molecule has 0 bridgehead atoms. The Morgan fingerprint density at radius 1 is 1.69 bits per heavy atom. The number of esters is 1. The highest BCUT2D eigenvalue weighted by molar-refractivity contribution is 5.73. The zero-order valence-electron chi connectivity index (χ0n) is 7.90. The van der Waals surface area contributed by atoms with E-state index in [9.17, 15) is 4.79 Å². The van der Waals surface area contributed by atoms with Crippen molar-refractivity contribution in [3.63, 3.8) is 0 Å². The summed E-state index contributed by atoms with van der Waals surface area (Å²) in [5.74, 6) is -0.0812. The maximum atomic E-state index is 10.9. The van der Waals surface area contributed by atoms with Gasteiger partial charge in [-0.25, -0.2) is 4.79 Å². The molecule has 1 unspecified atom stereocenters. The second kappa shape index (κ2) is 5.02. The largest absolute Gasteiger partial charge is 0.463 e. The zero-order chi connectivity index (χ0) is 9.68. The van der Waals surface area contributed by atoms with E-state index in [-0.39, 0.29) is 0 Å². The lowest BCUT2D eigenvalue weighted by molar-refractivity contribution is -0.154. The Balaban J connectivity index is 2.18. The molecule has 0 heterocycles. The van der Waals surface area contributed by atoms with E-state index in [4.69, 9.17) is 9.84 Å². The van der Waals surface area contributed by atoms with Crippen LogP contribution in [0, 0.1) is 5.92 Å². The molecule has 0 aromatic carbocycles. The van der Waals surface area contributed by atoms with Crippen molar-refractivity contribution >= 4 is 5.97 Å². The Hall–Kier alpha value is -0.830. The Morgan fingerprint density at radius 3 is 3.00 bits per heavy atom. The molecule has 0 radical (unpaired) electrons. The van der Waals surface area contributed by atoms with Crippen molar-refractivity contribution in [2.75, 3.05) is 6.61 Å². The molecule has 3 nitrogen and oxygen atoms in total. The van der Waals surface area contributed by atoms with E-state index in [0.29, 0.717) is 12.5 Å². The molecule has 74 valence electrons. The van der Waals surface area contributed by atoms with Crippen LogP contribution in [0.5, 0.6) is 0 Å². The first-order chi connectivity index (χ1) is 6.20. The summed E-state index contributed by atoms with van der Waals surface area (Å²) in [7, 11) is 0. The molecule has 0 fully saturated rings. The summed E-state index contributed by atoms with van der Waals surface area (Å²) in [6, 6.07) is 0. The molecule has 13 heavy (non-hydrogen) atoms. The maximum absolute atomic E-state index is 10.9. The fraction of sp³-hybridized carbons (Fsp3) is 0.700. The normalized spacial score (nSPS) is 24.0. The Labute approximate surface area is 78.4 Å². The molecule has 1 N–H and O–H groups in total. The first-order valence-corrected chi connectivity index (χ1v) is 4.70. The van der Waals surface area contributed by atoms with Gasteiger partial charge in [0.2, 0.25) is 0 Å². The lowest BCUT2D eigenvalue weighted by Gasteiger charge is -2.17. The highest BCUT2D eigenvalue weighted by Gasteiger charge is 2.15. The Kier molecular flexibility index (Phi) is 3.96. The van der Waals surface area contributed by atoms with Gasteiger partial charge in [-0.2, -0.15) is 0 Å². The molecule has 0 spiro atoms. The van der Waals surface area contributed by atoms with Gasteiger partial charge in [-0.3, -0.25) is 0 Å². The van der Waals surface area contributed by atoms with Crippen LogP contribution in [0.1, 0.15) is 26.2 Å². The van der Waals surface area contributed by atoms with Gasteiger partial charge in [0.15, 0.2) is 0 Å². The average molecular weight is 184 g/mol. The van der Waals surface area contributed by atoms with Crippen LogP contribution in [0.3, 0.4) is 0 Å². The van der Waals surface area contributed by atoms with Crippen LogP contribution >= 0.6 is 0 Å². The minimum atomic E-state index is -1.00. The molecular weight excluding hydrogens is 168 g/mol. The third-order valence-corrected chi connectivity index (χ3v) is 2.18. The molecule has 0 aromatic heterocycles. The molecule has 1 aliphatic carbocycles. The van der Waals surface area contributed by atoms with Gasteiger partial charge in [-0.1, -0.05) is 12.2 Å².